The molecule has 0 unspecified atom stereocenters. The third-order valence-corrected chi connectivity index (χ3v) is 8.43. The van der Waals surface area contributed by atoms with Crippen LogP contribution in [0.2, 0.25) is 0 Å². The molecule has 0 radical (unpaired) electrons. The number of nitrogens with one attached hydrogen (secondary N) is 1. The number of carbonyl (C=O) groups excluding carboxylic acids is 4. The molecule has 2 aromatic heterocycles. The number of hydrogen-bond donors (Lipinski definition) is 2. The van der Waals surface area contributed by atoms with E-state index in [1.54, 1.807) is 44.0 Å². The Morgan fingerprint density at radius 1 is 0.691 bits per heavy atom. The van der Waals surface area contributed by atoms with Gasteiger partial charge in [-0.1, -0.05) is 18.9 Å². The van der Waals surface area contributed by atoms with Crippen LogP contribution in [-0.2, 0) is 33.4 Å². The molecule has 0 saturated carbocycles. The van der Waals surface area contributed by atoms with Gasteiger partial charge in [0.1, 0.15) is 5.69 Å². The van der Waals surface area contributed by atoms with Gasteiger partial charge in [-0.3, -0.25) is 38.9 Å². The van der Waals surface area contributed by atoms with Crippen LogP contribution in [0.15, 0.2) is 60.8 Å². The summed E-state index contributed by atoms with van der Waals surface area (Å²) < 4.78 is 15.4. The summed E-state index contributed by atoms with van der Waals surface area (Å²) in [7, 11) is 0. The highest BCUT2D eigenvalue weighted by Gasteiger charge is 2.20. The Kier molecular flexibility index (Phi) is 16.8. The monoisotopic (exact) mass is 753 g/mol. The summed E-state index contributed by atoms with van der Waals surface area (Å²) in [5.74, 6) is 4.78. The maximum Gasteiger partial charge on any atom is 0.320 e. The third-order valence-electron chi connectivity index (χ3n) is 8.43. The molecule has 14 nitrogen and oxygen atoms in total. The van der Waals surface area contributed by atoms with Crippen molar-refractivity contribution < 1.29 is 33.4 Å². The molecule has 1 amide bonds. The minimum Gasteiger partial charge on any atom is -0.465 e. The molecule has 0 aliphatic heterocycles. The summed E-state index contributed by atoms with van der Waals surface area (Å²) >= 11 is 0. The van der Waals surface area contributed by atoms with E-state index in [9.17, 15) is 19.2 Å². The average Bonchev–Trinajstić information content (AvgIpc) is 3.15. The van der Waals surface area contributed by atoms with Gasteiger partial charge in [-0.05, 0) is 88.2 Å². The lowest BCUT2D eigenvalue weighted by molar-refractivity contribution is -0.149. The van der Waals surface area contributed by atoms with Crippen LogP contribution in [0, 0.1) is 11.8 Å². The standard InChI is InChI=1S/C41H51N7O7/c1-5-20-46(21-22-47(27-37(50)53-6-2)23-24-48(28-38(51)54-7-3)29-39(52)55-8-4)26-36(49)44-32-14-11-30(12-15-32)13-16-33-17-18-34-35(42)25-31-10-9-19-43-40(31)41(34)45-33/h9-12,14-15,17-19,25H,5-8,20-24,26-29,42H2,1-4H3,(H,44,49). The summed E-state index contributed by atoms with van der Waals surface area (Å²) in [4.78, 5) is 64.9. The van der Waals surface area contributed by atoms with Gasteiger partial charge in [0.15, 0.2) is 0 Å². The van der Waals surface area contributed by atoms with Gasteiger partial charge in [0.2, 0.25) is 5.91 Å². The summed E-state index contributed by atoms with van der Waals surface area (Å²) in [6.07, 6.45) is 2.55. The predicted octanol–water partition coefficient (Wildman–Crippen LogP) is 3.71. The van der Waals surface area contributed by atoms with Crippen molar-refractivity contribution in [2.45, 2.75) is 34.1 Å². The molecule has 0 bridgehead atoms. The number of anilines is 2. The molecule has 0 fully saturated rings. The van der Waals surface area contributed by atoms with Crippen molar-refractivity contribution in [3.8, 4) is 11.8 Å². The number of rotatable bonds is 20. The van der Waals surface area contributed by atoms with Crippen molar-refractivity contribution >= 4 is 57.0 Å². The number of fused-ring (bicyclic) bond motifs is 3. The number of benzene rings is 2. The maximum atomic E-state index is 13.2. The van der Waals surface area contributed by atoms with Crippen LogP contribution in [0.4, 0.5) is 11.4 Å². The zero-order valence-corrected chi connectivity index (χ0v) is 32.1. The fraction of sp³-hybridized carbons (Fsp3) is 0.415. The van der Waals surface area contributed by atoms with Crippen LogP contribution in [0.5, 0.6) is 0 Å². The number of pyridine rings is 2. The number of carbonyl (C=O) groups is 4. The lowest BCUT2D eigenvalue weighted by Gasteiger charge is -2.29. The molecule has 2 heterocycles. The zero-order chi connectivity index (χ0) is 39.6. The van der Waals surface area contributed by atoms with E-state index in [2.05, 4.69) is 22.1 Å². The number of aromatic nitrogens is 2. The van der Waals surface area contributed by atoms with Gasteiger partial charge in [0.25, 0.3) is 0 Å². The topological polar surface area (TPSA) is 170 Å². The van der Waals surface area contributed by atoms with E-state index in [1.807, 2.05) is 59.2 Å². The summed E-state index contributed by atoms with van der Waals surface area (Å²) in [6.45, 7) is 10.1. The largest absolute Gasteiger partial charge is 0.465 e. The maximum absolute atomic E-state index is 13.2. The van der Waals surface area contributed by atoms with Gasteiger partial charge in [-0.15, -0.1) is 0 Å². The predicted molar refractivity (Wildman–Crippen MR) is 212 cm³/mol. The molecule has 4 aromatic rings. The van der Waals surface area contributed by atoms with Crippen LogP contribution in [-0.4, -0.2) is 127 Å². The van der Waals surface area contributed by atoms with E-state index in [0.717, 1.165) is 28.3 Å². The van der Waals surface area contributed by atoms with E-state index < -0.39 is 11.9 Å². The molecule has 292 valence electrons. The Hall–Kier alpha value is -5.62. The van der Waals surface area contributed by atoms with Gasteiger partial charge in [-0.2, -0.15) is 0 Å². The first-order chi connectivity index (χ1) is 26.6. The quantitative estimate of drug-likeness (QED) is 0.0441. The average molecular weight is 754 g/mol. The number of nitrogens with zero attached hydrogens (tertiary/aromatic N) is 5. The molecule has 4 rings (SSSR count). The van der Waals surface area contributed by atoms with E-state index in [-0.39, 0.29) is 57.9 Å². The lowest BCUT2D eigenvalue weighted by atomic mass is 10.1. The van der Waals surface area contributed by atoms with Crippen molar-refractivity contribution in [2.75, 3.05) is 89.8 Å². The van der Waals surface area contributed by atoms with Gasteiger partial charge >= 0.3 is 17.9 Å². The molecular weight excluding hydrogens is 702 g/mol. The fourth-order valence-electron chi connectivity index (χ4n) is 5.90. The number of hydrogen-bond acceptors (Lipinski definition) is 13. The molecule has 2 aromatic carbocycles. The Bertz CT molecular complexity index is 1960. The Morgan fingerprint density at radius 3 is 1.87 bits per heavy atom. The highest BCUT2D eigenvalue weighted by atomic mass is 16.5. The number of amides is 1. The molecule has 0 aliphatic carbocycles. The molecule has 14 heteroatoms. The summed E-state index contributed by atoms with van der Waals surface area (Å²) in [6, 6.07) is 16.7. The second kappa shape index (κ2) is 21.9. The smallest absolute Gasteiger partial charge is 0.320 e. The summed E-state index contributed by atoms with van der Waals surface area (Å²) in [5.41, 5.74) is 10.3. The molecule has 3 N–H and O–H groups in total. The van der Waals surface area contributed by atoms with E-state index >= 15 is 0 Å². The molecule has 0 aliphatic rings. The van der Waals surface area contributed by atoms with E-state index in [1.165, 1.54) is 0 Å². The van der Waals surface area contributed by atoms with Crippen molar-refractivity contribution in [2.24, 2.45) is 0 Å². The normalized spacial score (nSPS) is 11.1. The minimum absolute atomic E-state index is 0.0154. The van der Waals surface area contributed by atoms with Crippen molar-refractivity contribution in [3.63, 3.8) is 0 Å². The number of ether oxygens (including phenoxy) is 3. The highest BCUT2D eigenvalue weighted by molar-refractivity contribution is 6.08. The SMILES string of the molecule is CCCN(CCN(CCN(CC(=O)OCC)CC(=O)OCC)CC(=O)OCC)CC(=O)Nc1ccc(C#Cc2ccc3c(N)cc4cccnc4c3n2)cc1. The molecule has 55 heavy (non-hydrogen) atoms. The number of nitrogen functional groups attached to an aromatic ring is 1. The van der Waals surface area contributed by atoms with Crippen LogP contribution >= 0.6 is 0 Å². The fourth-order valence-corrected chi connectivity index (χ4v) is 5.90. The summed E-state index contributed by atoms with van der Waals surface area (Å²) in [5, 5.41) is 4.70. The van der Waals surface area contributed by atoms with Crippen LogP contribution in [0.25, 0.3) is 21.8 Å². The molecule has 0 saturated heterocycles. The first-order valence-corrected chi connectivity index (χ1v) is 18.6. The first kappa shape index (κ1) is 42.1. The second-order valence-corrected chi connectivity index (χ2v) is 12.7. The number of esters is 3. The molecule has 0 spiro atoms. The van der Waals surface area contributed by atoms with Gasteiger partial charge in [-0.25, -0.2) is 4.98 Å². The van der Waals surface area contributed by atoms with E-state index in [0.29, 0.717) is 55.3 Å². The van der Waals surface area contributed by atoms with Gasteiger partial charge in [0, 0.05) is 60.1 Å². The van der Waals surface area contributed by atoms with Crippen LogP contribution in [0.3, 0.4) is 0 Å². The van der Waals surface area contributed by atoms with Gasteiger partial charge in [0.05, 0.1) is 57.0 Å². The van der Waals surface area contributed by atoms with Crippen LogP contribution < -0.4 is 11.1 Å². The lowest BCUT2D eigenvalue weighted by Crippen LogP contribution is -2.45. The zero-order valence-electron chi connectivity index (χ0n) is 32.1. The minimum atomic E-state index is -0.456. The Labute approximate surface area is 322 Å². The van der Waals surface area contributed by atoms with E-state index in [4.69, 9.17) is 24.9 Å². The third kappa shape index (κ3) is 13.6. The van der Waals surface area contributed by atoms with Crippen molar-refractivity contribution in [1.82, 2.24) is 24.7 Å². The number of nitrogens with two attached hydrogens (primary N) is 1. The van der Waals surface area contributed by atoms with Gasteiger partial charge < -0.3 is 25.3 Å². The van der Waals surface area contributed by atoms with Crippen molar-refractivity contribution in [1.29, 1.82) is 0 Å². The Morgan fingerprint density at radius 2 is 1.27 bits per heavy atom. The van der Waals surface area contributed by atoms with Crippen molar-refractivity contribution in [3.05, 3.63) is 72.1 Å². The Balaban J connectivity index is 1.36. The molecule has 0 atom stereocenters. The first-order valence-electron chi connectivity index (χ1n) is 18.6. The second-order valence-electron chi connectivity index (χ2n) is 12.7. The molecular formula is C41H51N7O7. The highest BCUT2D eigenvalue weighted by Crippen LogP contribution is 2.27. The van der Waals surface area contributed by atoms with Crippen LogP contribution in [0.1, 0.15) is 45.4 Å².